The van der Waals surface area contributed by atoms with E-state index in [9.17, 15) is 9.59 Å². The van der Waals surface area contributed by atoms with Crippen molar-refractivity contribution in [1.29, 1.82) is 0 Å². The summed E-state index contributed by atoms with van der Waals surface area (Å²) in [6.45, 7) is 2.16. The number of Topliss-reactive ketones (excluding diaryl/α,β-unsaturated/α-hetero) is 1. The Kier molecular flexibility index (Phi) is 4.42. The zero-order valence-electron chi connectivity index (χ0n) is 15.9. The van der Waals surface area contributed by atoms with Crippen molar-refractivity contribution in [2.75, 3.05) is 26.3 Å². The lowest BCUT2D eigenvalue weighted by atomic mass is 9.88. The number of hydrogen-bond acceptors (Lipinski definition) is 5. The van der Waals surface area contributed by atoms with Gasteiger partial charge in [0.15, 0.2) is 17.3 Å². The molecule has 148 valence electrons. The smallest absolute Gasteiger partial charge is 0.253 e. The van der Waals surface area contributed by atoms with Crippen molar-refractivity contribution >= 4 is 22.7 Å². The minimum absolute atomic E-state index is 0.00766. The Morgan fingerprint density at radius 3 is 2.55 bits per heavy atom. The molecule has 0 unspecified atom stereocenters. The summed E-state index contributed by atoms with van der Waals surface area (Å²) >= 11 is 0. The molecule has 7 nitrogen and oxygen atoms in total. The molecule has 2 aromatic carbocycles. The lowest BCUT2D eigenvalue weighted by Crippen LogP contribution is -2.40. The number of ketones is 1. The standard InChI is InChI=1S/C22H21N3O4/c26-21(15-2-4-19-20(12-15)29-10-9-28-19)14-5-7-25(8-6-14)22(27)16-1-3-17-18(11-16)24-13-23-17/h1-4,11-14H,5-10H2,(H,23,24). The van der Waals surface area contributed by atoms with Gasteiger partial charge >= 0.3 is 0 Å². The second kappa shape index (κ2) is 7.24. The lowest BCUT2D eigenvalue weighted by molar-refractivity contribution is 0.0650. The van der Waals surface area contributed by atoms with E-state index in [-0.39, 0.29) is 17.6 Å². The molecule has 29 heavy (non-hydrogen) atoms. The van der Waals surface area contributed by atoms with Crippen LogP contribution in [0.3, 0.4) is 0 Å². The van der Waals surface area contributed by atoms with Gasteiger partial charge in [-0.2, -0.15) is 0 Å². The van der Waals surface area contributed by atoms with E-state index in [0.717, 1.165) is 11.0 Å². The van der Waals surface area contributed by atoms with Crippen LogP contribution in [-0.4, -0.2) is 52.9 Å². The van der Waals surface area contributed by atoms with Gasteiger partial charge in [0.1, 0.15) is 13.2 Å². The number of likely N-dealkylation sites (tertiary alicyclic amines) is 1. The Hall–Kier alpha value is -3.35. The zero-order valence-corrected chi connectivity index (χ0v) is 15.9. The molecule has 0 saturated carbocycles. The highest BCUT2D eigenvalue weighted by Crippen LogP contribution is 2.32. The molecule has 2 aliphatic rings. The van der Waals surface area contributed by atoms with E-state index in [1.165, 1.54) is 0 Å². The third kappa shape index (κ3) is 3.33. The number of amides is 1. The first-order chi connectivity index (χ1) is 14.2. The summed E-state index contributed by atoms with van der Waals surface area (Å²) in [7, 11) is 0. The van der Waals surface area contributed by atoms with Gasteiger partial charge in [-0.15, -0.1) is 0 Å². The Morgan fingerprint density at radius 2 is 1.72 bits per heavy atom. The van der Waals surface area contributed by atoms with Crippen LogP contribution in [-0.2, 0) is 0 Å². The van der Waals surface area contributed by atoms with Crippen molar-refractivity contribution in [3.8, 4) is 11.5 Å². The Labute approximate surface area is 167 Å². The van der Waals surface area contributed by atoms with Gasteiger partial charge in [-0.3, -0.25) is 9.59 Å². The van der Waals surface area contributed by atoms with Gasteiger partial charge in [0.2, 0.25) is 0 Å². The molecule has 1 N–H and O–H groups in total. The largest absolute Gasteiger partial charge is 0.486 e. The van der Waals surface area contributed by atoms with Crippen molar-refractivity contribution in [2.24, 2.45) is 5.92 Å². The molecule has 1 amide bonds. The predicted molar refractivity (Wildman–Crippen MR) is 106 cm³/mol. The third-order valence-corrected chi connectivity index (χ3v) is 5.65. The molecule has 0 radical (unpaired) electrons. The van der Waals surface area contributed by atoms with Gasteiger partial charge in [0.05, 0.1) is 17.4 Å². The van der Waals surface area contributed by atoms with E-state index in [2.05, 4.69) is 9.97 Å². The Balaban J connectivity index is 1.25. The Morgan fingerprint density at radius 1 is 0.966 bits per heavy atom. The minimum Gasteiger partial charge on any atom is -0.486 e. The van der Waals surface area contributed by atoms with E-state index in [1.807, 2.05) is 17.0 Å². The molecular formula is C22H21N3O4. The van der Waals surface area contributed by atoms with Crippen LogP contribution in [0.15, 0.2) is 42.7 Å². The van der Waals surface area contributed by atoms with Crippen LogP contribution in [0.5, 0.6) is 11.5 Å². The van der Waals surface area contributed by atoms with Crippen LogP contribution < -0.4 is 9.47 Å². The Bertz CT molecular complexity index is 1080. The van der Waals surface area contributed by atoms with Crippen LogP contribution >= 0.6 is 0 Å². The SMILES string of the molecule is O=C(c1ccc2c(c1)OCCO2)C1CCN(C(=O)c2ccc3nc[nH]c3c2)CC1. The molecule has 3 heterocycles. The molecule has 2 aliphatic heterocycles. The number of piperidine rings is 1. The summed E-state index contributed by atoms with van der Waals surface area (Å²) in [4.78, 5) is 34.8. The molecule has 5 rings (SSSR count). The number of benzene rings is 2. The van der Waals surface area contributed by atoms with Gasteiger partial charge < -0.3 is 19.4 Å². The molecule has 3 aromatic rings. The van der Waals surface area contributed by atoms with Crippen LogP contribution in [0, 0.1) is 5.92 Å². The number of hydrogen-bond donors (Lipinski definition) is 1. The normalized spacial score (nSPS) is 16.8. The number of imidazole rings is 1. The predicted octanol–water partition coefficient (Wildman–Crippen LogP) is 3.07. The number of aromatic nitrogens is 2. The highest BCUT2D eigenvalue weighted by atomic mass is 16.6. The van der Waals surface area contributed by atoms with Crippen molar-refractivity contribution in [3.05, 3.63) is 53.9 Å². The second-order valence-corrected chi connectivity index (χ2v) is 7.42. The molecule has 0 bridgehead atoms. The van der Waals surface area contributed by atoms with E-state index in [0.29, 0.717) is 61.8 Å². The number of ether oxygens (including phenoxy) is 2. The summed E-state index contributed by atoms with van der Waals surface area (Å²) in [5.41, 5.74) is 2.96. The van der Waals surface area contributed by atoms with Crippen molar-refractivity contribution < 1.29 is 19.1 Å². The first-order valence-corrected chi connectivity index (χ1v) is 9.85. The summed E-state index contributed by atoms with van der Waals surface area (Å²) < 4.78 is 11.1. The van der Waals surface area contributed by atoms with E-state index < -0.39 is 0 Å². The average molecular weight is 391 g/mol. The maximum absolute atomic E-state index is 12.9. The van der Waals surface area contributed by atoms with Gasteiger partial charge in [-0.05, 0) is 49.2 Å². The molecule has 0 spiro atoms. The van der Waals surface area contributed by atoms with E-state index in [4.69, 9.17) is 9.47 Å². The highest BCUT2D eigenvalue weighted by molar-refractivity contribution is 5.99. The van der Waals surface area contributed by atoms with E-state index in [1.54, 1.807) is 30.6 Å². The first-order valence-electron chi connectivity index (χ1n) is 9.85. The number of carbonyl (C=O) groups is 2. The molecular weight excluding hydrogens is 370 g/mol. The summed E-state index contributed by atoms with van der Waals surface area (Å²) in [6.07, 6.45) is 2.94. The number of rotatable bonds is 3. The monoisotopic (exact) mass is 391 g/mol. The number of carbonyl (C=O) groups excluding carboxylic acids is 2. The molecule has 1 aromatic heterocycles. The number of nitrogens with one attached hydrogen (secondary N) is 1. The summed E-state index contributed by atoms with van der Waals surface area (Å²) in [5.74, 6) is 1.32. The lowest BCUT2D eigenvalue weighted by Gasteiger charge is -2.31. The van der Waals surface area contributed by atoms with E-state index >= 15 is 0 Å². The van der Waals surface area contributed by atoms with Gasteiger partial charge in [-0.25, -0.2) is 4.98 Å². The fourth-order valence-corrected chi connectivity index (χ4v) is 4.03. The van der Waals surface area contributed by atoms with Crippen LogP contribution in [0.2, 0.25) is 0 Å². The van der Waals surface area contributed by atoms with Crippen molar-refractivity contribution in [2.45, 2.75) is 12.8 Å². The van der Waals surface area contributed by atoms with Crippen LogP contribution in [0.25, 0.3) is 11.0 Å². The fraction of sp³-hybridized carbons (Fsp3) is 0.318. The molecule has 7 heteroatoms. The van der Waals surface area contributed by atoms with Gasteiger partial charge in [0, 0.05) is 30.1 Å². The van der Waals surface area contributed by atoms with Crippen molar-refractivity contribution in [1.82, 2.24) is 14.9 Å². The number of nitrogens with zero attached hydrogens (tertiary/aromatic N) is 2. The first kappa shape index (κ1) is 17.7. The average Bonchev–Trinajstić information content (AvgIpc) is 3.26. The third-order valence-electron chi connectivity index (χ3n) is 5.65. The maximum Gasteiger partial charge on any atom is 0.253 e. The highest BCUT2D eigenvalue weighted by Gasteiger charge is 2.29. The minimum atomic E-state index is -0.0864. The van der Waals surface area contributed by atoms with Crippen LogP contribution in [0.1, 0.15) is 33.6 Å². The molecule has 1 saturated heterocycles. The van der Waals surface area contributed by atoms with Gasteiger partial charge in [0.25, 0.3) is 5.91 Å². The van der Waals surface area contributed by atoms with Crippen molar-refractivity contribution in [3.63, 3.8) is 0 Å². The quantitative estimate of drug-likeness (QED) is 0.694. The fourth-order valence-electron chi connectivity index (χ4n) is 4.03. The molecule has 0 aliphatic carbocycles. The zero-order chi connectivity index (χ0) is 19.8. The molecule has 0 atom stereocenters. The summed E-state index contributed by atoms with van der Waals surface area (Å²) in [5, 5.41) is 0. The topological polar surface area (TPSA) is 84.5 Å². The second-order valence-electron chi connectivity index (χ2n) is 7.42. The molecule has 1 fully saturated rings. The number of H-pyrrole nitrogens is 1. The maximum atomic E-state index is 12.9. The number of aromatic amines is 1. The van der Waals surface area contributed by atoms with Crippen LogP contribution in [0.4, 0.5) is 0 Å². The number of fused-ring (bicyclic) bond motifs is 2. The summed E-state index contributed by atoms with van der Waals surface area (Å²) in [6, 6.07) is 10.8. The van der Waals surface area contributed by atoms with Gasteiger partial charge in [-0.1, -0.05) is 0 Å².